The van der Waals surface area contributed by atoms with E-state index in [0.717, 1.165) is 11.4 Å². The predicted octanol–water partition coefficient (Wildman–Crippen LogP) is 2.84. The molecule has 0 fully saturated rings. The molecular weight excluding hydrogens is 292 g/mol. The standard InChI is InChI=1S/C17H20N4O2/c1-4-10-18-17(22)14-11-16(20-12(3)19-14)21-13-8-6-7-9-15(13)23-5-2/h4,6-9,11H,1,5,10H2,2-3H3,(H,18,22)(H,19,20,21). The number of carbonyl (C=O) groups is 1. The van der Waals surface area contributed by atoms with Gasteiger partial charge in [0.25, 0.3) is 5.91 Å². The SMILES string of the molecule is C=CCNC(=O)c1cc(Nc2ccccc2OCC)nc(C)n1. The number of aromatic nitrogens is 2. The lowest BCUT2D eigenvalue weighted by atomic mass is 10.3. The molecule has 1 amide bonds. The summed E-state index contributed by atoms with van der Waals surface area (Å²) >= 11 is 0. The lowest BCUT2D eigenvalue weighted by Gasteiger charge is -2.12. The van der Waals surface area contributed by atoms with Gasteiger partial charge in [0.15, 0.2) is 0 Å². The number of aryl methyl sites for hydroxylation is 1. The van der Waals surface area contributed by atoms with Crippen molar-refractivity contribution in [1.29, 1.82) is 0 Å². The number of para-hydroxylation sites is 2. The minimum Gasteiger partial charge on any atom is -0.492 e. The summed E-state index contributed by atoms with van der Waals surface area (Å²) in [7, 11) is 0. The van der Waals surface area contributed by atoms with Gasteiger partial charge in [0, 0.05) is 12.6 Å². The predicted molar refractivity (Wildman–Crippen MR) is 90.2 cm³/mol. The summed E-state index contributed by atoms with van der Waals surface area (Å²) < 4.78 is 5.57. The number of anilines is 2. The fourth-order valence-corrected chi connectivity index (χ4v) is 1.99. The van der Waals surface area contributed by atoms with Gasteiger partial charge in [-0.3, -0.25) is 4.79 Å². The number of ether oxygens (including phenoxy) is 1. The molecule has 0 aliphatic heterocycles. The number of rotatable bonds is 7. The average Bonchev–Trinajstić information content (AvgIpc) is 2.54. The molecule has 0 saturated carbocycles. The lowest BCUT2D eigenvalue weighted by Crippen LogP contribution is -2.24. The van der Waals surface area contributed by atoms with Gasteiger partial charge in [-0.15, -0.1) is 6.58 Å². The maximum Gasteiger partial charge on any atom is 0.270 e. The number of carbonyl (C=O) groups excluding carboxylic acids is 1. The first kappa shape index (κ1) is 16.5. The molecule has 0 radical (unpaired) electrons. The summed E-state index contributed by atoms with van der Waals surface area (Å²) in [5, 5.41) is 5.87. The van der Waals surface area contributed by atoms with Crippen LogP contribution in [0, 0.1) is 6.92 Å². The molecule has 0 atom stereocenters. The van der Waals surface area contributed by atoms with Gasteiger partial charge in [0.1, 0.15) is 23.1 Å². The van der Waals surface area contributed by atoms with Gasteiger partial charge in [-0.25, -0.2) is 9.97 Å². The first-order valence-corrected chi connectivity index (χ1v) is 7.37. The van der Waals surface area contributed by atoms with Crippen LogP contribution in [0.15, 0.2) is 43.0 Å². The summed E-state index contributed by atoms with van der Waals surface area (Å²) in [6.07, 6.45) is 1.61. The zero-order valence-electron chi connectivity index (χ0n) is 13.3. The third-order valence-corrected chi connectivity index (χ3v) is 2.93. The van der Waals surface area contributed by atoms with Gasteiger partial charge in [-0.2, -0.15) is 0 Å². The second-order valence-corrected chi connectivity index (χ2v) is 4.74. The highest BCUT2D eigenvalue weighted by molar-refractivity contribution is 5.93. The van der Waals surface area contributed by atoms with E-state index in [9.17, 15) is 4.79 Å². The lowest BCUT2D eigenvalue weighted by molar-refractivity contribution is 0.0952. The van der Waals surface area contributed by atoms with Crippen LogP contribution in [0.5, 0.6) is 5.75 Å². The third-order valence-electron chi connectivity index (χ3n) is 2.93. The molecule has 2 aromatic rings. The van der Waals surface area contributed by atoms with E-state index >= 15 is 0 Å². The Bertz CT molecular complexity index is 701. The molecule has 0 saturated heterocycles. The van der Waals surface area contributed by atoms with Crippen LogP contribution in [0.3, 0.4) is 0 Å². The molecule has 0 spiro atoms. The van der Waals surface area contributed by atoms with Crippen LogP contribution in [-0.2, 0) is 0 Å². The van der Waals surface area contributed by atoms with Crippen LogP contribution < -0.4 is 15.4 Å². The van der Waals surface area contributed by atoms with Gasteiger partial charge in [0.2, 0.25) is 0 Å². The Morgan fingerprint density at radius 2 is 2.13 bits per heavy atom. The summed E-state index contributed by atoms with van der Waals surface area (Å²) in [6.45, 7) is 8.19. The first-order valence-electron chi connectivity index (χ1n) is 7.37. The second kappa shape index (κ2) is 7.93. The second-order valence-electron chi connectivity index (χ2n) is 4.74. The van der Waals surface area contributed by atoms with E-state index in [-0.39, 0.29) is 5.91 Å². The van der Waals surface area contributed by atoms with Crippen molar-refractivity contribution in [1.82, 2.24) is 15.3 Å². The number of nitrogens with zero attached hydrogens (tertiary/aromatic N) is 2. The fourth-order valence-electron chi connectivity index (χ4n) is 1.99. The van der Waals surface area contributed by atoms with Crippen LogP contribution in [-0.4, -0.2) is 29.0 Å². The van der Waals surface area contributed by atoms with E-state index < -0.39 is 0 Å². The molecule has 120 valence electrons. The van der Waals surface area contributed by atoms with Crippen molar-refractivity contribution in [2.75, 3.05) is 18.5 Å². The van der Waals surface area contributed by atoms with Crippen molar-refractivity contribution < 1.29 is 9.53 Å². The van der Waals surface area contributed by atoms with Crippen LogP contribution >= 0.6 is 0 Å². The average molecular weight is 312 g/mol. The van der Waals surface area contributed by atoms with Crippen LogP contribution in [0.1, 0.15) is 23.2 Å². The van der Waals surface area contributed by atoms with Gasteiger partial charge in [-0.1, -0.05) is 18.2 Å². The van der Waals surface area contributed by atoms with Crippen LogP contribution in [0.4, 0.5) is 11.5 Å². The number of amides is 1. The molecule has 6 heteroatoms. The van der Waals surface area contributed by atoms with E-state index in [2.05, 4.69) is 27.2 Å². The fraction of sp³-hybridized carbons (Fsp3) is 0.235. The van der Waals surface area contributed by atoms with E-state index in [1.807, 2.05) is 31.2 Å². The van der Waals surface area contributed by atoms with E-state index in [0.29, 0.717) is 30.5 Å². The number of hydrogen-bond donors (Lipinski definition) is 2. The largest absolute Gasteiger partial charge is 0.492 e. The molecule has 0 aliphatic carbocycles. The minimum absolute atomic E-state index is 0.267. The van der Waals surface area contributed by atoms with Crippen molar-refractivity contribution in [3.05, 3.63) is 54.5 Å². The normalized spacial score (nSPS) is 10.0. The molecule has 2 rings (SSSR count). The van der Waals surface area contributed by atoms with Crippen LogP contribution in [0.2, 0.25) is 0 Å². The van der Waals surface area contributed by atoms with E-state index in [1.54, 1.807) is 19.1 Å². The first-order chi connectivity index (χ1) is 11.1. The monoisotopic (exact) mass is 312 g/mol. The third kappa shape index (κ3) is 4.54. The minimum atomic E-state index is -0.267. The summed E-state index contributed by atoms with van der Waals surface area (Å²) in [5.41, 5.74) is 1.08. The smallest absolute Gasteiger partial charge is 0.270 e. The Kier molecular flexibility index (Phi) is 5.68. The molecule has 23 heavy (non-hydrogen) atoms. The Hall–Kier alpha value is -2.89. The van der Waals surface area contributed by atoms with Crippen molar-refractivity contribution in [3.63, 3.8) is 0 Å². The molecule has 6 nitrogen and oxygen atoms in total. The Labute approximate surface area is 135 Å². The van der Waals surface area contributed by atoms with Gasteiger partial charge < -0.3 is 15.4 Å². The van der Waals surface area contributed by atoms with E-state index in [4.69, 9.17) is 4.74 Å². The Morgan fingerprint density at radius 3 is 2.87 bits per heavy atom. The van der Waals surface area contributed by atoms with Crippen molar-refractivity contribution in [3.8, 4) is 5.75 Å². The Balaban J connectivity index is 2.25. The van der Waals surface area contributed by atoms with E-state index in [1.165, 1.54) is 0 Å². The maximum atomic E-state index is 12.0. The van der Waals surface area contributed by atoms with Gasteiger partial charge >= 0.3 is 0 Å². The highest BCUT2D eigenvalue weighted by Gasteiger charge is 2.11. The summed E-state index contributed by atoms with van der Waals surface area (Å²) in [6, 6.07) is 9.16. The molecule has 0 unspecified atom stereocenters. The Morgan fingerprint density at radius 1 is 1.35 bits per heavy atom. The van der Waals surface area contributed by atoms with Gasteiger partial charge in [-0.05, 0) is 26.0 Å². The zero-order valence-corrected chi connectivity index (χ0v) is 13.3. The van der Waals surface area contributed by atoms with Crippen molar-refractivity contribution in [2.24, 2.45) is 0 Å². The van der Waals surface area contributed by atoms with Gasteiger partial charge in [0.05, 0.1) is 12.3 Å². The molecule has 2 N–H and O–H groups in total. The van der Waals surface area contributed by atoms with Crippen molar-refractivity contribution >= 4 is 17.4 Å². The number of benzene rings is 1. The number of hydrogen-bond acceptors (Lipinski definition) is 5. The quantitative estimate of drug-likeness (QED) is 0.769. The molecule has 1 heterocycles. The maximum absolute atomic E-state index is 12.0. The molecule has 1 aromatic heterocycles. The molecule has 0 bridgehead atoms. The van der Waals surface area contributed by atoms with Crippen molar-refractivity contribution in [2.45, 2.75) is 13.8 Å². The summed E-state index contributed by atoms with van der Waals surface area (Å²) in [5.74, 6) is 1.50. The highest BCUT2D eigenvalue weighted by Crippen LogP contribution is 2.26. The molecule has 0 aliphatic rings. The van der Waals surface area contributed by atoms with Crippen LogP contribution in [0.25, 0.3) is 0 Å². The summed E-state index contributed by atoms with van der Waals surface area (Å²) in [4.78, 5) is 20.5. The molecular formula is C17H20N4O2. The zero-order chi connectivity index (χ0) is 16.7. The highest BCUT2D eigenvalue weighted by atomic mass is 16.5. The number of nitrogens with one attached hydrogen (secondary N) is 2. The topological polar surface area (TPSA) is 76.1 Å². The molecule has 1 aromatic carbocycles.